The van der Waals surface area contributed by atoms with Crippen LogP contribution in [-0.4, -0.2) is 18.9 Å². The highest BCUT2D eigenvalue weighted by atomic mass is 16.5. The van der Waals surface area contributed by atoms with Crippen molar-refractivity contribution in [3.05, 3.63) is 35.6 Å². The number of ether oxygens (including phenoxy) is 1. The van der Waals surface area contributed by atoms with Crippen LogP contribution in [0, 0.1) is 5.92 Å². The predicted octanol–water partition coefficient (Wildman–Crippen LogP) is 3.13. The van der Waals surface area contributed by atoms with Crippen LogP contribution >= 0.6 is 0 Å². The minimum Gasteiger partial charge on any atom is -0.494 e. The second-order valence-corrected chi connectivity index (χ2v) is 5.00. The van der Waals surface area contributed by atoms with Gasteiger partial charge in [-0.05, 0) is 56.9 Å². The summed E-state index contributed by atoms with van der Waals surface area (Å²) in [4.78, 5) is 11.2. The van der Waals surface area contributed by atoms with Crippen molar-refractivity contribution in [1.29, 1.82) is 0 Å². The van der Waals surface area contributed by atoms with E-state index < -0.39 is 0 Å². The minimum atomic E-state index is 0.128. The standard InChI is InChI=1S/C16H25NO2/c1-13(14(2)18)8-9-15-6-3-4-7-16(12-15)19-11-5-10-17/h3,6-7,12-13H,4-5,8-11,17H2,1-2H3. The quantitative estimate of drug-likeness (QED) is 0.684. The van der Waals surface area contributed by atoms with E-state index in [9.17, 15) is 4.79 Å². The molecule has 3 heteroatoms. The molecule has 0 saturated heterocycles. The van der Waals surface area contributed by atoms with E-state index in [0.29, 0.717) is 13.2 Å². The number of carbonyl (C=O) groups excluding carboxylic acids is 1. The second-order valence-electron chi connectivity index (χ2n) is 5.00. The summed E-state index contributed by atoms with van der Waals surface area (Å²) in [7, 11) is 0. The molecule has 0 radical (unpaired) electrons. The van der Waals surface area contributed by atoms with E-state index in [2.05, 4.69) is 24.3 Å². The molecule has 3 nitrogen and oxygen atoms in total. The lowest BCUT2D eigenvalue weighted by Crippen LogP contribution is -2.06. The Bertz CT molecular complexity index is 380. The van der Waals surface area contributed by atoms with Gasteiger partial charge in [0.05, 0.1) is 6.61 Å². The summed E-state index contributed by atoms with van der Waals surface area (Å²) in [6, 6.07) is 0. The van der Waals surface area contributed by atoms with Crippen molar-refractivity contribution in [3.63, 3.8) is 0 Å². The van der Waals surface area contributed by atoms with E-state index >= 15 is 0 Å². The molecule has 1 aliphatic rings. The van der Waals surface area contributed by atoms with Crippen LogP contribution in [0.5, 0.6) is 0 Å². The fraction of sp³-hybridized carbons (Fsp3) is 0.562. The van der Waals surface area contributed by atoms with E-state index in [4.69, 9.17) is 10.5 Å². The van der Waals surface area contributed by atoms with Gasteiger partial charge in [-0.1, -0.05) is 19.1 Å². The predicted molar refractivity (Wildman–Crippen MR) is 78.6 cm³/mol. The molecule has 0 amide bonds. The van der Waals surface area contributed by atoms with Crippen molar-refractivity contribution < 1.29 is 9.53 Å². The third kappa shape index (κ3) is 6.39. The van der Waals surface area contributed by atoms with Crippen LogP contribution < -0.4 is 5.73 Å². The van der Waals surface area contributed by atoms with Crippen LogP contribution in [-0.2, 0) is 9.53 Å². The summed E-state index contributed by atoms with van der Waals surface area (Å²) < 4.78 is 5.69. The van der Waals surface area contributed by atoms with Gasteiger partial charge in [-0.3, -0.25) is 4.79 Å². The molecule has 0 bridgehead atoms. The van der Waals surface area contributed by atoms with Gasteiger partial charge in [0.1, 0.15) is 11.5 Å². The Kier molecular flexibility index (Phi) is 7.19. The molecule has 1 rings (SSSR count). The zero-order valence-corrected chi connectivity index (χ0v) is 12.0. The van der Waals surface area contributed by atoms with Gasteiger partial charge in [-0.25, -0.2) is 0 Å². The normalized spacial score (nSPS) is 16.4. The summed E-state index contributed by atoms with van der Waals surface area (Å²) in [5.41, 5.74) is 6.68. The number of allylic oxidation sites excluding steroid dienone is 5. The third-order valence-electron chi connectivity index (χ3n) is 3.29. The van der Waals surface area contributed by atoms with Gasteiger partial charge in [0.25, 0.3) is 0 Å². The Balaban J connectivity index is 2.50. The molecule has 2 N–H and O–H groups in total. The average Bonchev–Trinajstić information content (AvgIpc) is 2.61. The first-order chi connectivity index (χ1) is 9.13. The molecule has 0 aromatic rings. The molecule has 0 saturated carbocycles. The third-order valence-corrected chi connectivity index (χ3v) is 3.29. The van der Waals surface area contributed by atoms with E-state index in [0.717, 1.165) is 31.4 Å². The fourth-order valence-electron chi connectivity index (χ4n) is 1.81. The van der Waals surface area contributed by atoms with E-state index in [-0.39, 0.29) is 11.7 Å². The molecule has 1 unspecified atom stereocenters. The summed E-state index contributed by atoms with van der Waals surface area (Å²) >= 11 is 0. The molecule has 0 heterocycles. The van der Waals surface area contributed by atoms with Crippen LogP contribution in [0.2, 0.25) is 0 Å². The van der Waals surface area contributed by atoms with Gasteiger partial charge in [-0.2, -0.15) is 0 Å². The van der Waals surface area contributed by atoms with Crippen LogP contribution in [0.15, 0.2) is 35.6 Å². The molecule has 106 valence electrons. The molecule has 1 aliphatic carbocycles. The second kappa shape index (κ2) is 8.70. The first-order valence-electron chi connectivity index (χ1n) is 7.04. The fourth-order valence-corrected chi connectivity index (χ4v) is 1.81. The van der Waals surface area contributed by atoms with Gasteiger partial charge in [-0.15, -0.1) is 0 Å². The van der Waals surface area contributed by atoms with Crippen molar-refractivity contribution in [2.24, 2.45) is 11.7 Å². The van der Waals surface area contributed by atoms with Gasteiger partial charge in [0.2, 0.25) is 0 Å². The zero-order valence-electron chi connectivity index (χ0n) is 12.0. The number of hydrogen-bond donors (Lipinski definition) is 1. The SMILES string of the molecule is CC(=O)C(C)CCC1=CC(OCCCN)=CCC=C1. The number of ketones is 1. The van der Waals surface area contributed by atoms with Crippen LogP contribution in [0.1, 0.15) is 39.5 Å². The first-order valence-corrected chi connectivity index (χ1v) is 7.04. The van der Waals surface area contributed by atoms with E-state index in [1.165, 1.54) is 5.57 Å². The Morgan fingerprint density at radius 1 is 1.53 bits per heavy atom. The molecular weight excluding hydrogens is 238 g/mol. The van der Waals surface area contributed by atoms with Crippen molar-refractivity contribution in [3.8, 4) is 0 Å². The minimum absolute atomic E-state index is 0.128. The smallest absolute Gasteiger partial charge is 0.132 e. The maximum absolute atomic E-state index is 11.2. The lowest BCUT2D eigenvalue weighted by atomic mass is 9.98. The maximum atomic E-state index is 11.2. The zero-order chi connectivity index (χ0) is 14.1. The molecule has 0 fully saturated rings. The van der Waals surface area contributed by atoms with Crippen LogP contribution in [0.25, 0.3) is 0 Å². The number of carbonyl (C=O) groups is 1. The largest absolute Gasteiger partial charge is 0.494 e. The highest BCUT2D eigenvalue weighted by Crippen LogP contribution is 2.19. The topological polar surface area (TPSA) is 52.3 Å². The summed E-state index contributed by atoms with van der Waals surface area (Å²) in [6.07, 6.45) is 12.0. The Labute approximate surface area is 116 Å². The van der Waals surface area contributed by atoms with Crippen LogP contribution in [0.4, 0.5) is 0 Å². The van der Waals surface area contributed by atoms with Gasteiger partial charge in [0, 0.05) is 5.92 Å². The molecule has 0 aromatic carbocycles. The summed E-state index contributed by atoms with van der Waals surface area (Å²) in [5, 5.41) is 0. The van der Waals surface area contributed by atoms with Crippen molar-refractivity contribution in [1.82, 2.24) is 0 Å². The van der Waals surface area contributed by atoms with Gasteiger partial charge >= 0.3 is 0 Å². The van der Waals surface area contributed by atoms with Gasteiger partial charge < -0.3 is 10.5 Å². The van der Waals surface area contributed by atoms with Crippen molar-refractivity contribution in [2.75, 3.05) is 13.2 Å². The van der Waals surface area contributed by atoms with Crippen molar-refractivity contribution >= 4 is 5.78 Å². The number of Topliss-reactive ketones (excluding diaryl/α,β-unsaturated/α-hetero) is 1. The lowest BCUT2D eigenvalue weighted by Gasteiger charge is -2.09. The molecule has 0 aliphatic heterocycles. The number of hydrogen-bond acceptors (Lipinski definition) is 3. The number of nitrogens with two attached hydrogens (primary N) is 1. The maximum Gasteiger partial charge on any atom is 0.132 e. The number of rotatable bonds is 8. The summed E-state index contributed by atoms with van der Waals surface area (Å²) in [5.74, 6) is 1.31. The van der Waals surface area contributed by atoms with E-state index in [1.54, 1.807) is 6.92 Å². The van der Waals surface area contributed by atoms with Gasteiger partial charge in [0.15, 0.2) is 0 Å². The highest BCUT2D eigenvalue weighted by Gasteiger charge is 2.09. The molecule has 0 spiro atoms. The summed E-state index contributed by atoms with van der Waals surface area (Å²) in [6.45, 7) is 4.95. The van der Waals surface area contributed by atoms with Crippen molar-refractivity contribution in [2.45, 2.75) is 39.5 Å². The Morgan fingerprint density at radius 3 is 3.00 bits per heavy atom. The highest BCUT2D eigenvalue weighted by molar-refractivity contribution is 5.77. The monoisotopic (exact) mass is 263 g/mol. The Morgan fingerprint density at radius 2 is 2.32 bits per heavy atom. The average molecular weight is 263 g/mol. The van der Waals surface area contributed by atoms with Crippen LogP contribution in [0.3, 0.4) is 0 Å². The lowest BCUT2D eigenvalue weighted by molar-refractivity contribution is -0.120. The molecule has 19 heavy (non-hydrogen) atoms. The molecule has 0 aromatic heterocycles. The molecule has 1 atom stereocenters. The van der Waals surface area contributed by atoms with E-state index in [1.807, 2.05) is 6.92 Å². The first kappa shape index (κ1) is 15.7. The Hall–Kier alpha value is -1.35. The molecular formula is C16H25NO2.